The van der Waals surface area contributed by atoms with Crippen LogP contribution in [0, 0.1) is 5.82 Å². The highest BCUT2D eigenvalue weighted by atomic mass is 35.5. The van der Waals surface area contributed by atoms with E-state index >= 15 is 0 Å². The number of para-hydroxylation sites is 2. The van der Waals surface area contributed by atoms with Crippen molar-refractivity contribution in [2.45, 2.75) is 6.10 Å². The number of esters is 1. The summed E-state index contributed by atoms with van der Waals surface area (Å²) in [6, 6.07) is 10.4. The van der Waals surface area contributed by atoms with Crippen LogP contribution in [0.3, 0.4) is 0 Å². The fourth-order valence-corrected chi connectivity index (χ4v) is 2.31. The third-order valence-corrected chi connectivity index (χ3v) is 3.65. The van der Waals surface area contributed by atoms with Crippen molar-refractivity contribution < 1.29 is 28.2 Å². The smallest absolute Gasteiger partial charge is 0.351 e. The second-order valence-corrected chi connectivity index (χ2v) is 5.55. The molecular weight excluding hydrogens is 353 g/mol. The van der Waals surface area contributed by atoms with Gasteiger partial charge in [0.1, 0.15) is 12.4 Å². The molecule has 2 aromatic carbocycles. The average Bonchev–Trinajstić information content (AvgIpc) is 2.62. The minimum Gasteiger partial charge on any atom is -0.485 e. The molecule has 1 N–H and O–H groups in total. The number of benzene rings is 2. The Hall–Kier alpha value is -2.80. The average molecular weight is 366 g/mol. The van der Waals surface area contributed by atoms with Gasteiger partial charge < -0.3 is 19.5 Å². The van der Waals surface area contributed by atoms with Crippen LogP contribution < -0.4 is 14.8 Å². The zero-order valence-electron chi connectivity index (χ0n) is 12.8. The number of anilines is 1. The third kappa shape index (κ3) is 4.19. The van der Waals surface area contributed by atoms with E-state index in [9.17, 15) is 14.0 Å². The second-order valence-electron chi connectivity index (χ2n) is 5.14. The first-order chi connectivity index (χ1) is 12.0. The summed E-state index contributed by atoms with van der Waals surface area (Å²) in [6.45, 7) is -0.583. The van der Waals surface area contributed by atoms with E-state index in [-0.39, 0.29) is 17.3 Å². The van der Waals surface area contributed by atoms with Crippen molar-refractivity contribution in [3.8, 4) is 11.5 Å². The normalized spacial score (nSPS) is 15.4. The maximum absolute atomic E-state index is 13.2. The van der Waals surface area contributed by atoms with Crippen LogP contribution in [0.25, 0.3) is 0 Å². The number of ether oxygens (including phenoxy) is 3. The molecule has 1 aliphatic rings. The van der Waals surface area contributed by atoms with Crippen molar-refractivity contribution in [1.29, 1.82) is 0 Å². The van der Waals surface area contributed by atoms with Crippen molar-refractivity contribution in [3.63, 3.8) is 0 Å². The van der Waals surface area contributed by atoms with Crippen LogP contribution in [-0.2, 0) is 14.3 Å². The van der Waals surface area contributed by atoms with Gasteiger partial charge in [0.15, 0.2) is 18.1 Å². The molecule has 1 heterocycles. The number of carbonyl (C=O) groups excluding carboxylic acids is 2. The lowest BCUT2D eigenvalue weighted by atomic mass is 10.2. The molecule has 0 radical (unpaired) electrons. The lowest BCUT2D eigenvalue weighted by molar-refractivity contribution is -0.156. The molecule has 25 heavy (non-hydrogen) atoms. The Morgan fingerprint density at radius 3 is 2.80 bits per heavy atom. The Morgan fingerprint density at radius 2 is 2.00 bits per heavy atom. The third-order valence-electron chi connectivity index (χ3n) is 3.32. The van der Waals surface area contributed by atoms with Crippen LogP contribution in [0.5, 0.6) is 11.5 Å². The summed E-state index contributed by atoms with van der Waals surface area (Å²) in [5, 5.41) is 2.53. The predicted octanol–water partition coefficient (Wildman–Crippen LogP) is 2.80. The summed E-state index contributed by atoms with van der Waals surface area (Å²) < 4.78 is 28.9. The Kier molecular flexibility index (Phi) is 5.04. The molecule has 1 amide bonds. The number of hydrogen-bond donors (Lipinski definition) is 1. The number of hydrogen-bond acceptors (Lipinski definition) is 5. The number of amides is 1. The highest BCUT2D eigenvalue weighted by Gasteiger charge is 2.29. The van der Waals surface area contributed by atoms with Crippen molar-refractivity contribution in [2.75, 3.05) is 18.5 Å². The van der Waals surface area contributed by atoms with Gasteiger partial charge in [0, 0.05) is 0 Å². The standard InChI is InChI=1S/C17H13ClFNO5/c18-11-6-5-10(19)7-12(11)20-16(21)9-24-17(22)15-8-23-13-3-1-2-4-14(13)25-15/h1-7,15H,8-9H2,(H,20,21)/t15-/m0/s1. The van der Waals surface area contributed by atoms with E-state index in [0.717, 1.165) is 12.1 Å². The fourth-order valence-electron chi connectivity index (χ4n) is 2.14. The SMILES string of the molecule is O=C(COC(=O)[C@@H]1COc2ccccc2O1)Nc1cc(F)ccc1Cl. The first kappa shape index (κ1) is 17.0. The molecule has 1 aliphatic heterocycles. The Balaban J connectivity index is 1.52. The molecule has 130 valence electrons. The number of nitrogens with one attached hydrogen (secondary N) is 1. The van der Waals surface area contributed by atoms with Crippen LogP contribution in [0.15, 0.2) is 42.5 Å². The molecule has 3 rings (SSSR count). The molecule has 1 atom stereocenters. The zero-order chi connectivity index (χ0) is 17.8. The molecule has 0 aliphatic carbocycles. The van der Waals surface area contributed by atoms with E-state index in [1.165, 1.54) is 6.07 Å². The number of fused-ring (bicyclic) bond motifs is 1. The molecule has 0 unspecified atom stereocenters. The van der Waals surface area contributed by atoms with Crippen LogP contribution in [-0.4, -0.2) is 31.2 Å². The second kappa shape index (κ2) is 7.40. The van der Waals surface area contributed by atoms with Crippen LogP contribution in [0.4, 0.5) is 10.1 Å². The Morgan fingerprint density at radius 1 is 1.24 bits per heavy atom. The van der Waals surface area contributed by atoms with Gasteiger partial charge in [0.25, 0.3) is 5.91 Å². The topological polar surface area (TPSA) is 73.9 Å². The van der Waals surface area contributed by atoms with Gasteiger partial charge in [-0.25, -0.2) is 9.18 Å². The van der Waals surface area contributed by atoms with Gasteiger partial charge in [0.2, 0.25) is 6.10 Å². The van der Waals surface area contributed by atoms with Gasteiger partial charge in [-0.2, -0.15) is 0 Å². The first-order valence-electron chi connectivity index (χ1n) is 7.33. The van der Waals surface area contributed by atoms with E-state index < -0.39 is 30.4 Å². The van der Waals surface area contributed by atoms with E-state index in [4.69, 9.17) is 25.8 Å². The van der Waals surface area contributed by atoms with E-state index in [0.29, 0.717) is 11.5 Å². The molecule has 0 spiro atoms. The maximum atomic E-state index is 13.2. The molecule has 0 saturated heterocycles. The minimum absolute atomic E-state index is 0.0206. The molecule has 6 nitrogen and oxygen atoms in total. The van der Waals surface area contributed by atoms with Crippen LogP contribution in [0.1, 0.15) is 0 Å². The monoisotopic (exact) mass is 365 g/mol. The largest absolute Gasteiger partial charge is 0.485 e. The van der Waals surface area contributed by atoms with E-state index in [1.807, 2.05) is 0 Å². The highest BCUT2D eigenvalue weighted by molar-refractivity contribution is 6.33. The van der Waals surface area contributed by atoms with E-state index in [1.54, 1.807) is 24.3 Å². The lowest BCUT2D eigenvalue weighted by Gasteiger charge is -2.24. The highest BCUT2D eigenvalue weighted by Crippen LogP contribution is 2.31. The maximum Gasteiger partial charge on any atom is 0.351 e. The van der Waals surface area contributed by atoms with Crippen LogP contribution in [0.2, 0.25) is 5.02 Å². The molecular formula is C17H13ClFNO5. The molecule has 8 heteroatoms. The van der Waals surface area contributed by atoms with Gasteiger partial charge in [-0.1, -0.05) is 23.7 Å². The summed E-state index contributed by atoms with van der Waals surface area (Å²) in [6.07, 6.45) is -0.972. The fraction of sp³-hybridized carbons (Fsp3) is 0.176. The van der Waals surface area contributed by atoms with Crippen molar-refractivity contribution in [3.05, 3.63) is 53.3 Å². The number of halogens is 2. The van der Waals surface area contributed by atoms with Gasteiger partial charge in [-0.3, -0.25) is 4.79 Å². The van der Waals surface area contributed by atoms with E-state index in [2.05, 4.69) is 5.32 Å². The van der Waals surface area contributed by atoms with Gasteiger partial charge in [-0.15, -0.1) is 0 Å². The Bertz CT molecular complexity index is 813. The summed E-state index contributed by atoms with van der Waals surface area (Å²) in [4.78, 5) is 23.8. The first-order valence-corrected chi connectivity index (χ1v) is 7.71. The van der Waals surface area contributed by atoms with Crippen molar-refractivity contribution in [2.24, 2.45) is 0 Å². The van der Waals surface area contributed by atoms with Crippen molar-refractivity contribution >= 4 is 29.2 Å². The summed E-state index contributed by atoms with van der Waals surface area (Å²) in [5.41, 5.74) is 0.0916. The molecule has 0 aromatic heterocycles. The summed E-state index contributed by atoms with van der Waals surface area (Å²) in [5.74, 6) is -0.993. The predicted molar refractivity (Wildman–Crippen MR) is 87.4 cm³/mol. The van der Waals surface area contributed by atoms with Gasteiger partial charge in [-0.05, 0) is 30.3 Å². The van der Waals surface area contributed by atoms with Crippen molar-refractivity contribution in [1.82, 2.24) is 0 Å². The van der Waals surface area contributed by atoms with Crippen LogP contribution >= 0.6 is 11.6 Å². The molecule has 0 bridgehead atoms. The lowest BCUT2D eigenvalue weighted by Crippen LogP contribution is -2.39. The zero-order valence-corrected chi connectivity index (χ0v) is 13.6. The quantitative estimate of drug-likeness (QED) is 0.843. The molecule has 2 aromatic rings. The summed E-state index contributed by atoms with van der Waals surface area (Å²) >= 11 is 5.85. The minimum atomic E-state index is -0.972. The van der Waals surface area contributed by atoms with Gasteiger partial charge in [0.05, 0.1) is 10.7 Å². The summed E-state index contributed by atoms with van der Waals surface area (Å²) in [7, 11) is 0. The molecule has 0 fully saturated rings. The number of rotatable bonds is 4. The Labute approximate surface area is 147 Å². The van der Waals surface area contributed by atoms with Gasteiger partial charge >= 0.3 is 5.97 Å². The number of carbonyl (C=O) groups is 2. The molecule has 0 saturated carbocycles.